The van der Waals surface area contributed by atoms with Gasteiger partial charge in [0.05, 0.1) is 12.6 Å². The number of hydrogen-bond acceptors (Lipinski definition) is 2. The van der Waals surface area contributed by atoms with Gasteiger partial charge in [0, 0.05) is 6.42 Å². The summed E-state index contributed by atoms with van der Waals surface area (Å²) in [5.74, 6) is 0.0106. The van der Waals surface area contributed by atoms with Crippen LogP contribution in [0.15, 0.2) is 0 Å². The van der Waals surface area contributed by atoms with Gasteiger partial charge in [-0.3, -0.25) is 4.79 Å². The lowest BCUT2D eigenvalue weighted by molar-refractivity contribution is -0.124. The van der Waals surface area contributed by atoms with Gasteiger partial charge < -0.3 is 10.4 Å². The normalized spacial score (nSPS) is 14.9. The van der Waals surface area contributed by atoms with E-state index in [0.717, 1.165) is 0 Å². The van der Waals surface area contributed by atoms with E-state index in [1.54, 1.807) is 0 Å². The van der Waals surface area contributed by atoms with Gasteiger partial charge in [-0.25, -0.2) is 0 Å². The minimum absolute atomic E-state index is 0.0106. The molecule has 0 bridgehead atoms. The van der Waals surface area contributed by atoms with E-state index in [4.69, 9.17) is 0 Å². The summed E-state index contributed by atoms with van der Waals surface area (Å²) in [6, 6.07) is -0.174. The molecule has 3 nitrogen and oxygen atoms in total. The summed E-state index contributed by atoms with van der Waals surface area (Å²) in [6.07, 6.45) is 0.486. The number of aliphatic hydroxyl groups is 1. The predicted molar refractivity (Wildman–Crippen MR) is 62.5 cm³/mol. The summed E-state index contributed by atoms with van der Waals surface area (Å²) >= 11 is 0. The van der Waals surface area contributed by atoms with Crippen LogP contribution in [0.25, 0.3) is 0 Å². The zero-order valence-electron chi connectivity index (χ0n) is 10.8. The second-order valence-electron chi connectivity index (χ2n) is 6.41. The van der Waals surface area contributed by atoms with Crippen molar-refractivity contribution in [2.24, 2.45) is 10.8 Å². The van der Waals surface area contributed by atoms with E-state index in [1.165, 1.54) is 0 Å². The smallest absolute Gasteiger partial charge is 0.220 e. The molecular weight excluding hydrogens is 190 g/mol. The van der Waals surface area contributed by atoms with Gasteiger partial charge in [-0.2, -0.15) is 0 Å². The zero-order valence-corrected chi connectivity index (χ0v) is 10.8. The first-order valence-electron chi connectivity index (χ1n) is 5.46. The van der Waals surface area contributed by atoms with Crippen LogP contribution < -0.4 is 5.32 Å². The molecule has 0 aliphatic carbocycles. The Kier molecular flexibility index (Phi) is 4.78. The Morgan fingerprint density at radius 2 is 1.67 bits per heavy atom. The molecule has 15 heavy (non-hydrogen) atoms. The third kappa shape index (κ3) is 6.50. The lowest BCUT2D eigenvalue weighted by Crippen LogP contribution is -2.46. The van der Waals surface area contributed by atoms with Gasteiger partial charge in [0.2, 0.25) is 5.91 Å². The lowest BCUT2D eigenvalue weighted by atomic mass is 9.86. The summed E-state index contributed by atoms with van der Waals surface area (Å²) in [4.78, 5) is 11.7. The van der Waals surface area contributed by atoms with Gasteiger partial charge in [0.15, 0.2) is 0 Å². The van der Waals surface area contributed by atoms with Gasteiger partial charge in [0.25, 0.3) is 0 Å². The van der Waals surface area contributed by atoms with E-state index in [0.29, 0.717) is 6.42 Å². The number of carbonyl (C=O) groups is 1. The van der Waals surface area contributed by atoms with Gasteiger partial charge >= 0.3 is 0 Å². The number of rotatable bonds is 3. The Bertz CT molecular complexity index is 211. The summed E-state index contributed by atoms with van der Waals surface area (Å²) in [5, 5.41) is 12.1. The predicted octanol–water partition coefficient (Wildman–Crippen LogP) is 1.95. The summed E-state index contributed by atoms with van der Waals surface area (Å²) in [6.45, 7) is 12.1. The van der Waals surface area contributed by atoms with E-state index >= 15 is 0 Å². The summed E-state index contributed by atoms with van der Waals surface area (Å²) in [5.41, 5.74) is -0.121. The van der Waals surface area contributed by atoms with Crippen LogP contribution in [0.4, 0.5) is 0 Å². The third-order valence-electron chi connectivity index (χ3n) is 2.25. The fraction of sp³-hybridized carbons (Fsp3) is 0.917. The van der Waals surface area contributed by atoms with Crippen LogP contribution >= 0.6 is 0 Å². The van der Waals surface area contributed by atoms with Crippen molar-refractivity contribution in [3.63, 3.8) is 0 Å². The molecule has 0 aromatic rings. The van der Waals surface area contributed by atoms with Gasteiger partial charge in [0.1, 0.15) is 0 Å². The quantitative estimate of drug-likeness (QED) is 0.756. The largest absolute Gasteiger partial charge is 0.394 e. The minimum atomic E-state index is -0.174. The molecule has 0 heterocycles. The van der Waals surface area contributed by atoms with Crippen molar-refractivity contribution in [1.29, 1.82) is 0 Å². The Morgan fingerprint density at radius 1 is 1.20 bits per heavy atom. The molecule has 0 spiro atoms. The van der Waals surface area contributed by atoms with Crippen molar-refractivity contribution in [2.45, 2.75) is 54.0 Å². The first-order valence-corrected chi connectivity index (χ1v) is 5.46. The van der Waals surface area contributed by atoms with Gasteiger partial charge in [-0.05, 0) is 10.8 Å². The maximum Gasteiger partial charge on any atom is 0.220 e. The SMILES string of the molecule is CC(C)(C)CC(=O)NC(CO)C(C)(C)C. The topological polar surface area (TPSA) is 49.3 Å². The number of amides is 1. The van der Waals surface area contributed by atoms with Crippen molar-refractivity contribution in [1.82, 2.24) is 5.32 Å². The highest BCUT2D eigenvalue weighted by Crippen LogP contribution is 2.21. The van der Waals surface area contributed by atoms with Crippen LogP contribution in [0.1, 0.15) is 48.0 Å². The molecule has 0 radical (unpaired) electrons. The van der Waals surface area contributed by atoms with E-state index in [9.17, 15) is 9.90 Å². The molecule has 90 valence electrons. The monoisotopic (exact) mass is 215 g/mol. The third-order valence-corrected chi connectivity index (χ3v) is 2.25. The van der Waals surface area contributed by atoms with E-state index in [2.05, 4.69) is 5.32 Å². The van der Waals surface area contributed by atoms with Gasteiger partial charge in [-0.1, -0.05) is 41.5 Å². The van der Waals surface area contributed by atoms with Crippen LogP contribution in [0, 0.1) is 10.8 Å². The Morgan fingerprint density at radius 3 is 1.93 bits per heavy atom. The highest BCUT2D eigenvalue weighted by molar-refractivity contribution is 5.76. The average Bonchev–Trinajstić information content (AvgIpc) is 1.94. The van der Waals surface area contributed by atoms with Crippen molar-refractivity contribution < 1.29 is 9.90 Å². The van der Waals surface area contributed by atoms with Gasteiger partial charge in [-0.15, -0.1) is 0 Å². The lowest BCUT2D eigenvalue weighted by Gasteiger charge is -2.31. The number of hydrogen-bond donors (Lipinski definition) is 2. The minimum Gasteiger partial charge on any atom is -0.394 e. The summed E-state index contributed by atoms with van der Waals surface area (Å²) < 4.78 is 0. The maximum absolute atomic E-state index is 11.7. The van der Waals surface area contributed by atoms with Crippen molar-refractivity contribution in [2.75, 3.05) is 6.61 Å². The Labute approximate surface area is 93.3 Å². The molecule has 0 saturated heterocycles. The fourth-order valence-corrected chi connectivity index (χ4v) is 1.26. The number of nitrogens with one attached hydrogen (secondary N) is 1. The molecule has 0 aliphatic rings. The Hall–Kier alpha value is -0.570. The molecule has 1 amide bonds. The van der Waals surface area contributed by atoms with Crippen LogP contribution in [-0.2, 0) is 4.79 Å². The van der Waals surface area contributed by atoms with Crippen LogP contribution in [-0.4, -0.2) is 23.7 Å². The molecular formula is C12H25NO2. The second kappa shape index (κ2) is 4.97. The second-order valence-corrected chi connectivity index (χ2v) is 6.41. The average molecular weight is 215 g/mol. The molecule has 3 heteroatoms. The van der Waals surface area contributed by atoms with Crippen LogP contribution in [0.2, 0.25) is 0 Å². The molecule has 1 atom stereocenters. The van der Waals surface area contributed by atoms with E-state index in [-0.39, 0.29) is 29.4 Å². The van der Waals surface area contributed by atoms with E-state index in [1.807, 2.05) is 41.5 Å². The molecule has 0 aromatic heterocycles. The fourth-order valence-electron chi connectivity index (χ4n) is 1.26. The molecule has 1 unspecified atom stereocenters. The zero-order chi connectivity index (χ0) is 12.3. The van der Waals surface area contributed by atoms with Crippen molar-refractivity contribution >= 4 is 5.91 Å². The summed E-state index contributed by atoms with van der Waals surface area (Å²) in [7, 11) is 0. The van der Waals surface area contributed by atoms with Crippen LogP contribution in [0.5, 0.6) is 0 Å². The highest BCUT2D eigenvalue weighted by atomic mass is 16.3. The highest BCUT2D eigenvalue weighted by Gasteiger charge is 2.26. The first kappa shape index (κ1) is 14.4. The first-order chi connectivity index (χ1) is 6.56. The maximum atomic E-state index is 11.7. The van der Waals surface area contributed by atoms with E-state index < -0.39 is 0 Å². The number of aliphatic hydroxyl groups excluding tert-OH is 1. The van der Waals surface area contributed by atoms with Crippen molar-refractivity contribution in [3.8, 4) is 0 Å². The molecule has 0 rings (SSSR count). The Balaban J connectivity index is 4.27. The molecule has 0 saturated carbocycles. The molecule has 0 fully saturated rings. The molecule has 0 aromatic carbocycles. The molecule has 0 aliphatic heterocycles. The van der Waals surface area contributed by atoms with Crippen LogP contribution in [0.3, 0.4) is 0 Å². The molecule has 2 N–H and O–H groups in total. The van der Waals surface area contributed by atoms with Crippen molar-refractivity contribution in [3.05, 3.63) is 0 Å². The standard InChI is InChI=1S/C12H25NO2/c1-11(2,3)7-10(15)13-9(8-14)12(4,5)6/h9,14H,7-8H2,1-6H3,(H,13,15). The number of carbonyl (C=O) groups excluding carboxylic acids is 1.